The normalized spacial score (nSPS) is 13.2. The number of ether oxygens (including phenoxy) is 2. The largest absolute Gasteiger partial charge is 0.467 e. The molecule has 7 nitrogen and oxygen atoms in total. The third-order valence-corrected chi connectivity index (χ3v) is 4.74. The Bertz CT molecular complexity index is 721. The van der Waals surface area contributed by atoms with Crippen LogP contribution < -0.4 is 5.32 Å². The lowest BCUT2D eigenvalue weighted by Gasteiger charge is -2.32. The van der Waals surface area contributed by atoms with Crippen LogP contribution in [0.2, 0.25) is 0 Å². The highest BCUT2D eigenvalue weighted by molar-refractivity contribution is 7.98. The van der Waals surface area contributed by atoms with Crippen molar-refractivity contribution in [1.29, 1.82) is 0 Å². The number of alkyl carbamates (subject to hydrolysis) is 1. The molecule has 9 heteroatoms. The maximum absolute atomic E-state index is 13.3. The average Bonchev–Trinajstić information content (AvgIpc) is 2.66. The summed E-state index contributed by atoms with van der Waals surface area (Å²) in [5.74, 6) is -0.796. The van der Waals surface area contributed by atoms with Gasteiger partial charge in [-0.2, -0.15) is 11.8 Å². The predicted molar refractivity (Wildman–Crippen MR) is 115 cm³/mol. The molecule has 0 saturated heterocycles. The molecule has 0 aromatic heterocycles. The molecular weight excluding hydrogens is 411 g/mol. The summed E-state index contributed by atoms with van der Waals surface area (Å²) in [6.07, 6.45) is 1.54. The van der Waals surface area contributed by atoms with Crippen LogP contribution in [0.5, 0.6) is 0 Å². The van der Waals surface area contributed by atoms with E-state index in [1.165, 1.54) is 42.8 Å². The zero-order valence-corrected chi connectivity index (χ0v) is 19.2. The van der Waals surface area contributed by atoms with Gasteiger partial charge in [0.1, 0.15) is 23.5 Å². The first-order chi connectivity index (χ1) is 14.0. The van der Waals surface area contributed by atoms with E-state index in [2.05, 4.69) is 5.32 Å². The fourth-order valence-corrected chi connectivity index (χ4v) is 3.15. The van der Waals surface area contributed by atoms with E-state index in [4.69, 9.17) is 9.47 Å². The van der Waals surface area contributed by atoms with Gasteiger partial charge in [0, 0.05) is 6.54 Å². The number of methoxy groups -OCH3 is 1. The molecule has 2 unspecified atom stereocenters. The Hall–Kier alpha value is -2.29. The molecule has 0 spiro atoms. The Balaban J connectivity index is 3.12. The molecule has 0 aliphatic heterocycles. The molecule has 0 fully saturated rings. The molecule has 0 bridgehead atoms. The summed E-state index contributed by atoms with van der Waals surface area (Å²) in [6, 6.07) is 3.88. The number of thioether (sulfide) groups is 1. The molecule has 2 atom stereocenters. The molecule has 0 heterocycles. The van der Waals surface area contributed by atoms with Crippen molar-refractivity contribution in [3.8, 4) is 0 Å². The highest BCUT2D eigenvalue weighted by Crippen LogP contribution is 2.17. The number of hydrogen-bond acceptors (Lipinski definition) is 6. The van der Waals surface area contributed by atoms with Gasteiger partial charge in [-0.1, -0.05) is 12.1 Å². The van der Waals surface area contributed by atoms with Gasteiger partial charge in [-0.15, -0.1) is 0 Å². The van der Waals surface area contributed by atoms with Crippen LogP contribution in [0.25, 0.3) is 0 Å². The summed E-state index contributed by atoms with van der Waals surface area (Å²) < 4.78 is 23.4. The fourth-order valence-electron chi connectivity index (χ4n) is 2.69. The van der Waals surface area contributed by atoms with Crippen LogP contribution in [0.1, 0.15) is 39.7 Å². The molecule has 168 valence electrons. The maximum atomic E-state index is 13.3. The summed E-state index contributed by atoms with van der Waals surface area (Å²) >= 11 is 1.54. The highest BCUT2D eigenvalue weighted by atomic mass is 32.2. The van der Waals surface area contributed by atoms with Gasteiger partial charge in [-0.3, -0.25) is 4.79 Å². The van der Waals surface area contributed by atoms with Gasteiger partial charge in [0.25, 0.3) is 0 Å². The summed E-state index contributed by atoms with van der Waals surface area (Å²) in [5.41, 5.74) is -0.0691. The maximum Gasteiger partial charge on any atom is 0.408 e. The van der Waals surface area contributed by atoms with Crippen molar-refractivity contribution in [2.24, 2.45) is 0 Å². The van der Waals surface area contributed by atoms with Crippen LogP contribution in [-0.4, -0.2) is 59.7 Å². The molecule has 1 rings (SSSR count). The standard InChI is InChI=1S/C21H31FN2O5S/c1-14(23-20(27)29-21(2,3)4)18(25)24(13-15-7-9-16(22)10-8-15)17(11-12-30-6)19(26)28-5/h7-10,14,17H,11-13H2,1-6H3,(H,23,27). The number of halogens is 1. The van der Waals surface area contributed by atoms with Crippen molar-refractivity contribution in [2.45, 2.75) is 58.3 Å². The second-order valence-corrected chi connectivity index (χ2v) is 8.77. The van der Waals surface area contributed by atoms with Gasteiger partial charge in [0.2, 0.25) is 5.91 Å². The fraction of sp³-hybridized carbons (Fsp3) is 0.571. The first-order valence-electron chi connectivity index (χ1n) is 9.59. The number of hydrogen-bond donors (Lipinski definition) is 1. The Kier molecular flexibility index (Phi) is 10.1. The Morgan fingerprint density at radius 1 is 1.20 bits per heavy atom. The number of nitrogens with zero attached hydrogens (tertiary/aromatic N) is 1. The summed E-state index contributed by atoms with van der Waals surface area (Å²) in [5, 5.41) is 2.51. The van der Waals surface area contributed by atoms with Crippen molar-refractivity contribution in [3.63, 3.8) is 0 Å². The van der Waals surface area contributed by atoms with Crippen molar-refractivity contribution < 1.29 is 28.2 Å². The molecule has 2 amide bonds. The van der Waals surface area contributed by atoms with E-state index in [0.717, 1.165) is 0 Å². The van der Waals surface area contributed by atoms with E-state index < -0.39 is 41.5 Å². The lowest BCUT2D eigenvalue weighted by molar-refractivity contribution is -0.154. The van der Waals surface area contributed by atoms with E-state index in [9.17, 15) is 18.8 Å². The van der Waals surface area contributed by atoms with E-state index in [-0.39, 0.29) is 6.54 Å². The summed E-state index contributed by atoms with van der Waals surface area (Å²) in [6.45, 7) is 6.74. The minimum Gasteiger partial charge on any atom is -0.467 e. The van der Waals surface area contributed by atoms with Gasteiger partial charge in [0.05, 0.1) is 7.11 Å². The zero-order chi connectivity index (χ0) is 22.9. The van der Waals surface area contributed by atoms with Crippen molar-refractivity contribution in [2.75, 3.05) is 19.1 Å². The van der Waals surface area contributed by atoms with E-state index in [1.54, 1.807) is 32.9 Å². The molecule has 1 aromatic rings. The van der Waals surface area contributed by atoms with Crippen LogP contribution >= 0.6 is 11.8 Å². The Morgan fingerprint density at radius 2 is 1.80 bits per heavy atom. The first-order valence-corrected chi connectivity index (χ1v) is 11.0. The van der Waals surface area contributed by atoms with Crippen LogP contribution in [0.3, 0.4) is 0 Å². The second-order valence-electron chi connectivity index (χ2n) is 7.78. The second kappa shape index (κ2) is 11.8. The Morgan fingerprint density at radius 3 is 2.30 bits per heavy atom. The SMILES string of the molecule is COC(=O)C(CCSC)N(Cc1ccc(F)cc1)C(=O)C(C)NC(=O)OC(C)(C)C. The minimum atomic E-state index is -0.943. The highest BCUT2D eigenvalue weighted by Gasteiger charge is 2.34. The first kappa shape index (κ1) is 25.7. The number of carbonyl (C=O) groups excluding carboxylic acids is 3. The third-order valence-electron chi connectivity index (χ3n) is 4.10. The average molecular weight is 443 g/mol. The van der Waals surface area contributed by atoms with Gasteiger partial charge >= 0.3 is 12.1 Å². The number of nitrogens with one attached hydrogen (secondary N) is 1. The van der Waals surface area contributed by atoms with E-state index in [0.29, 0.717) is 17.7 Å². The summed E-state index contributed by atoms with van der Waals surface area (Å²) in [4.78, 5) is 39.1. The lowest BCUT2D eigenvalue weighted by Crippen LogP contribution is -2.53. The van der Waals surface area contributed by atoms with Crippen LogP contribution in [-0.2, 0) is 25.6 Å². The quantitative estimate of drug-likeness (QED) is 0.591. The van der Waals surface area contributed by atoms with Crippen molar-refractivity contribution >= 4 is 29.7 Å². The monoisotopic (exact) mass is 442 g/mol. The lowest BCUT2D eigenvalue weighted by atomic mass is 10.1. The van der Waals surface area contributed by atoms with Crippen molar-refractivity contribution in [3.05, 3.63) is 35.6 Å². The predicted octanol–water partition coefficient (Wildman–Crippen LogP) is 3.36. The molecule has 0 saturated carbocycles. The van der Waals surface area contributed by atoms with Crippen LogP contribution in [0.15, 0.2) is 24.3 Å². The van der Waals surface area contributed by atoms with Crippen LogP contribution in [0.4, 0.5) is 9.18 Å². The number of amides is 2. The van der Waals surface area contributed by atoms with Gasteiger partial charge in [-0.25, -0.2) is 14.0 Å². The van der Waals surface area contributed by atoms with E-state index in [1.807, 2.05) is 6.26 Å². The molecule has 0 aliphatic carbocycles. The number of benzene rings is 1. The van der Waals surface area contributed by atoms with Gasteiger partial charge in [0.15, 0.2) is 0 Å². The molecule has 1 N–H and O–H groups in total. The summed E-state index contributed by atoms with van der Waals surface area (Å²) in [7, 11) is 1.26. The molecule has 0 aliphatic rings. The minimum absolute atomic E-state index is 0.0631. The number of esters is 1. The smallest absolute Gasteiger partial charge is 0.408 e. The zero-order valence-electron chi connectivity index (χ0n) is 18.4. The van der Waals surface area contributed by atoms with Crippen LogP contribution in [0, 0.1) is 5.82 Å². The molecule has 0 radical (unpaired) electrons. The Labute approximate surface area is 181 Å². The molecule has 1 aromatic carbocycles. The third kappa shape index (κ3) is 8.61. The molecule has 30 heavy (non-hydrogen) atoms. The van der Waals surface area contributed by atoms with Gasteiger partial charge in [-0.05, 0) is 63.8 Å². The molecular formula is C21H31FN2O5S. The number of carbonyl (C=O) groups is 3. The topological polar surface area (TPSA) is 84.9 Å². The number of rotatable bonds is 9. The van der Waals surface area contributed by atoms with Crippen molar-refractivity contribution in [1.82, 2.24) is 10.2 Å². The van der Waals surface area contributed by atoms with Gasteiger partial charge < -0.3 is 19.7 Å². The van der Waals surface area contributed by atoms with E-state index >= 15 is 0 Å².